The van der Waals surface area contributed by atoms with Gasteiger partial charge in [-0.1, -0.05) is 18.2 Å². The van der Waals surface area contributed by atoms with Gasteiger partial charge in [0.2, 0.25) is 0 Å². The van der Waals surface area contributed by atoms with Gasteiger partial charge in [0.25, 0.3) is 0 Å². The predicted molar refractivity (Wildman–Crippen MR) is 146 cm³/mol. The van der Waals surface area contributed by atoms with Gasteiger partial charge in [-0.05, 0) is 56.4 Å². The van der Waals surface area contributed by atoms with E-state index in [1.165, 1.54) is 0 Å². The molecule has 1 aliphatic heterocycles. The summed E-state index contributed by atoms with van der Waals surface area (Å²) in [6.07, 6.45) is 7.12. The second kappa shape index (κ2) is 11.9. The molecule has 0 N–H and O–H groups in total. The number of halogens is 1. The lowest BCUT2D eigenvalue weighted by Crippen LogP contribution is -2.47. The van der Waals surface area contributed by atoms with Gasteiger partial charge >= 0.3 is 0 Å². The molecule has 3 aromatic rings. The monoisotopic (exact) mass is 530 g/mol. The molecule has 8 nitrogen and oxygen atoms in total. The van der Waals surface area contributed by atoms with Crippen LogP contribution in [0.25, 0.3) is 10.5 Å². The number of Topliss-reactive ketones (excluding diaryl/α,β-unsaturated/α-hetero) is 1. The maximum absolute atomic E-state index is 13.1. The van der Waals surface area contributed by atoms with Crippen LogP contribution in [0.1, 0.15) is 53.0 Å². The molecule has 0 radical (unpaired) electrons. The first kappa shape index (κ1) is 27.5. The zero-order valence-corrected chi connectivity index (χ0v) is 22.3. The molecule has 3 heterocycles. The van der Waals surface area contributed by atoms with E-state index in [9.17, 15) is 10.1 Å². The SMILES string of the molecule is Cl.[C-]#[N+]c1ccc(-n2ncc(C(=O)Cc3ccc(C4(C#N)CCC(N5CCOCC5)CC4)nc3)c2C)cc1. The molecule has 2 aliphatic rings. The van der Waals surface area contributed by atoms with Crippen molar-refractivity contribution >= 4 is 23.9 Å². The molecular weight excluding hydrogens is 500 g/mol. The van der Waals surface area contributed by atoms with Crippen molar-refractivity contribution in [1.29, 1.82) is 5.26 Å². The number of pyridine rings is 1. The molecule has 0 amide bonds. The predicted octanol–water partition coefficient (Wildman–Crippen LogP) is 5.01. The lowest BCUT2D eigenvalue weighted by molar-refractivity contribution is 0.00493. The largest absolute Gasteiger partial charge is 0.379 e. The van der Waals surface area contributed by atoms with Gasteiger partial charge in [-0.25, -0.2) is 9.53 Å². The summed E-state index contributed by atoms with van der Waals surface area (Å²) >= 11 is 0. The maximum Gasteiger partial charge on any atom is 0.187 e. The highest BCUT2D eigenvalue weighted by Crippen LogP contribution is 2.39. The van der Waals surface area contributed by atoms with Crippen LogP contribution in [-0.4, -0.2) is 57.8 Å². The fraction of sp³-hybridized carbons (Fsp3) is 0.414. The molecule has 1 saturated heterocycles. The minimum absolute atomic E-state index is 0. The minimum Gasteiger partial charge on any atom is -0.379 e. The Morgan fingerprint density at radius 3 is 2.47 bits per heavy atom. The summed E-state index contributed by atoms with van der Waals surface area (Å²) in [5, 5.41) is 14.5. The van der Waals surface area contributed by atoms with Crippen molar-refractivity contribution in [3.8, 4) is 11.8 Å². The number of morpholine rings is 1. The highest BCUT2D eigenvalue weighted by atomic mass is 35.5. The topological polar surface area (TPSA) is 88.4 Å². The highest BCUT2D eigenvalue weighted by molar-refractivity contribution is 5.98. The van der Waals surface area contributed by atoms with Gasteiger partial charge in [-0.15, -0.1) is 12.4 Å². The van der Waals surface area contributed by atoms with Crippen LogP contribution in [0.4, 0.5) is 5.69 Å². The molecule has 2 fully saturated rings. The lowest BCUT2D eigenvalue weighted by Gasteiger charge is -2.41. The van der Waals surface area contributed by atoms with E-state index in [-0.39, 0.29) is 24.6 Å². The summed E-state index contributed by atoms with van der Waals surface area (Å²) in [5.74, 6) is -0.0305. The van der Waals surface area contributed by atoms with Crippen LogP contribution in [0.3, 0.4) is 0 Å². The quantitative estimate of drug-likeness (QED) is 0.329. The fourth-order valence-corrected chi connectivity index (χ4v) is 5.53. The molecular formula is C29H31ClN6O2. The Kier molecular flexibility index (Phi) is 8.58. The van der Waals surface area contributed by atoms with Crippen molar-refractivity contribution in [3.63, 3.8) is 0 Å². The Labute approximate surface area is 229 Å². The molecule has 0 bridgehead atoms. The van der Waals surface area contributed by atoms with Crippen molar-refractivity contribution in [2.45, 2.75) is 50.5 Å². The third kappa shape index (κ3) is 5.49. The van der Waals surface area contributed by atoms with Gasteiger partial charge < -0.3 is 4.74 Å². The first-order chi connectivity index (χ1) is 18.0. The lowest BCUT2D eigenvalue weighted by atomic mass is 9.71. The van der Waals surface area contributed by atoms with Gasteiger partial charge in [0.1, 0.15) is 0 Å². The van der Waals surface area contributed by atoms with Crippen LogP contribution in [0.5, 0.6) is 0 Å². The van der Waals surface area contributed by atoms with E-state index in [1.54, 1.807) is 29.2 Å². The molecule has 1 saturated carbocycles. The maximum atomic E-state index is 13.1. The fourth-order valence-electron chi connectivity index (χ4n) is 5.53. The molecule has 0 spiro atoms. The second-order valence-electron chi connectivity index (χ2n) is 9.91. The van der Waals surface area contributed by atoms with Crippen molar-refractivity contribution in [3.05, 3.63) is 82.7 Å². The summed E-state index contributed by atoms with van der Waals surface area (Å²) in [4.78, 5) is 23.7. The van der Waals surface area contributed by atoms with Crippen molar-refractivity contribution < 1.29 is 9.53 Å². The molecule has 38 heavy (non-hydrogen) atoms. The molecule has 0 unspecified atom stereocenters. The molecule has 9 heteroatoms. The van der Waals surface area contributed by atoms with Crippen LogP contribution in [0.15, 0.2) is 48.8 Å². The van der Waals surface area contributed by atoms with Crippen LogP contribution in [0, 0.1) is 24.8 Å². The number of rotatable bonds is 6. The van der Waals surface area contributed by atoms with Crippen LogP contribution < -0.4 is 0 Å². The number of aromatic nitrogens is 3. The van der Waals surface area contributed by atoms with Crippen molar-refractivity contribution in [2.24, 2.45) is 0 Å². The Morgan fingerprint density at radius 1 is 1.16 bits per heavy atom. The zero-order chi connectivity index (χ0) is 25.8. The summed E-state index contributed by atoms with van der Waals surface area (Å²) in [6.45, 7) is 12.5. The minimum atomic E-state index is -0.564. The number of benzene rings is 1. The van der Waals surface area contributed by atoms with E-state index in [0.717, 1.165) is 74.6 Å². The normalized spacial score (nSPS) is 21.6. The molecule has 5 rings (SSSR count). The summed E-state index contributed by atoms with van der Waals surface area (Å²) in [5.41, 5.74) is 3.74. The van der Waals surface area contributed by atoms with Crippen LogP contribution in [0.2, 0.25) is 0 Å². The van der Waals surface area contributed by atoms with Crippen molar-refractivity contribution in [1.82, 2.24) is 19.7 Å². The van der Waals surface area contributed by atoms with Crippen LogP contribution >= 0.6 is 12.4 Å². The Morgan fingerprint density at radius 2 is 1.87 bits per heavy atom. The van der Waals surface area contributed by atoms with Gasteiger partial charge in [0.05, 0.1) is 60.1 Å². The Balaban J connectivity index is 0.00000336. The average Bonchev–Trinajstić information content (AvgIpc) is 3.35. The average molecular weight is 531 g/mol. The van der Waals surface area contributed by atoms with Crippen LogP contribution in [-0.2, 0) is 16.6 Å². The number of carbonyl (C=O) groups excluding carboxylic acids is 1. The first-order valence-corrected chi connectivity index (χ1v) is 12.8. The summed E-state index contributed by atoms with van der Waals surface area (Å²) in [6, 6.07) is 14.1. The van der Waals surface area contributed by atoms with E-state index < -0.39 is 5.41 Å². The standard InChI is InChI=1S/C29H30N6O2.ClH/c1-21-26(19-33-35(21)25-6-4-23(31-2)5-7-25)27(36)17-22-3-8-28(32-18-22)29(20-30)11-9-24(10-12-29)34-13-15-37-16-14-34;/h3-8,18-19,24H,9-17H2,1H3;1H. The number of nitriles is 1. The molecule has 1 aliphatic carbocycles. The number of carbonyl (C=O) groups is 1. The third-order valence-electron chi connectivity index (χ3n) is 7.80. The Hall–Kier alpha value is -3.56. The summed E-state index contributed by atoms with van der Waals surface area (Å²) in [7, 11) is 0. The van der Waals surface area contributed by atoms with Gasteiger partial charge in [-0.2, -0.15) is 10.4 Å². The number of hydrogen-bond acceptors (Lipinski definition) is 6. The zero-order valence-electron chi connectivity index (χ0n) is 21.5. The summed E-state index contributed by atoms with van der Waals surface area (Å²) < 4.78 is 7.20. The number of ketones is 1. The van der Waals surface area contributed by atoms with E-state index in [4.69, 9.17) is 11.3 Å². The molecule has 0 atom stereocenters. The van der Waals surface area contributed by atoms with Crippen molar-refractivity contribution in [2.75, 3.05) is 26.3 Å². The van der Waals surface area contributed by atoms with Gasteiger partial charge in [0, 0.05) is 31.7 Å². The van der Waals surface area contributed by atoms with E-state index in [1.807, 2.05) is 31.2 Å². The van der Waals surface area contributed by atoms with E-state index in [2.05, 4.69) is 25.9 Å². The first-order valence-electron chi connectivity index (χ1n) is 12.8. The number of ether oxygens (including phenoxy) is 1. The van der Waals surface area contributed by atoms with Gasteiger partial charge in [-0.3, -0.25) is 14.7 Å². The number of hydrogen-bond donors (Lipinski definition) is 0. The third-order valence-corrected chi connectivity index (χ3v) is 7.80. The smallest absolute Gasteiger partial charge is 0.187 e. The highest BCUT2D eigenvalue weighted by Gasteiger charge is 2.40. The van der Waals surface area contributed by atoms with E-state index >= 15 is 0 Å². The molecule has 2 aromatic heterocycles. The number of nitrogens with zero attached hydrogens (tertiary/aromatic N) is 6. The van der Waals surface area contributed by atoms with E-state index in [0.29, 0.717) is 17.3 Å². The Bertz CT molecular complexity index is 1340. The van der Waals surface area contributed by atoms with Gasteiger partial charge in [0.15, 0.2) is 11.5 Å². The molecule has 196 valence electrons. The molecule has 1 aromatic carbocycles. The second-order valence-corrected chi connectivity index (χ2v) is 9.91.